The first-order valence-electron chi connectivity index (χ1n) is 10.4. The van der Waals surface area contributed by atoms with Gasteiger partial charge >= 0.3 is 5.97 Å². The lowest BCUT2D eigenvalue weighted by Gasteiger charge is -2.28. The number of unbranched alkanes of at least 4 members (excludes halogenated alkanes) is 3. The monoisotopic (exact) mass is 525 g/mol. The van der Waals surface area contributed by atoms with E-state index in [-0.39, 0.29) is 51.1 Å². The Morgan fingerprint density at radius 2 is 1.72 bits per heavy atom. The van der Waals surface area contributed by atoms with Crippen molar-refractivity contribution in [2.24, 2.45) is 23.7 Å². The molecule has 3 aliphatic rings. The van der Waals surface area contributed by atoms with Crippen LogP contribution in [-0.4, -0.2) is 27.4 Å². The van der Waals surface area contributed by atoms with Gasteiger partial charge in [0.1, 0.15) is 5.75 Å². The Morgan fingerprint density at radius 1 is 1.07 bits per heavy atom. The minimum absolute atomic E-state index is 0.126. The molecule has 2 bridgehead atoms. The molecule has 2 saturated carbocycles. The van der Waals surface area contributed by atoms with Gasteiger partial charge in [-0.1, -0.05) is 64.1 Å². The normalized spacial score (nSPS) is 32.7. The lowest BCUT2D eigenvalue weighted by atomic mass is 9.81. The number of carbonyl (C=O) groups is 3. The zero-order valence-electron chi connectivity index (χ0n) is 16.4. The number of amides is 2. The molecule has 29 heavy (non-hydrogen) atoms. The van der Waals surface area contributed by atoms with E-state index in [0.717, 1.165) is 32.1 Å². The fraction of sp³-hybridized carbons (Fsp3) is 0.591. The number of carbonyl (C=O) groups excluding carboxylic acids is 3. The summed E-state index contributed by atoms with van der Waals surface area (Å²) >= 11 is 7.41. The maximum absolute atomic E-state index is 13.1. The SMILES string of the molecule is CCCCCCC(=O)Oc1cccc(N2C(=O)[C@H]3[C@@H]4C[C@@H]([C@H](Br)[C@@H]4Br)[C@@H]3C2=O)c1. The zero-order chi connectivity index (χ0) is 20.7. The average Bonchev–Trinajstić information content (AvgIpc) is 3.30. The molecule has 2 amide bonds. The molecule has 1 aliphatic heterocycles. The van der Waals surface area contributed by atoms with Crippen molar-refractivity contribution < 1.29 is 19.1 Å². The number of ether oxygens (including phenoxy) is 1. The zero-order valence-corrected chi connectivity index (χ0v) is 19.5. The van der Waals surface area contributed by atoms with Crippen molar-refractivity contribution in [1.82, 2.24) is 0 Å². The number of alkyl halides is 2. The van der Waals surface area contributed by atoms with E-state index in [1.165, 1.54) is 4.90 Å². The van der Waals surface area contributed by atoms with E-state index in [1.54, 1.807) is 24.3 Å². The Hall–Kier alpha value is -1.21. The number of fused-ring (bicyclic) bond motifs is 5. The molecule has 4 rings (SSSR count). The van der Waals surface area contributed by atoms with E-state index in [1.807, 2.05) is 0 Å². The lowest BCUT2D eigenvalue weighted by Crippen LogP contribution is -2.37. The number of hydrogen-bond acceptors (Lipinski definition) is 4. The van der Waals surface area contributed by atoms with E-state index in [0.29, 0.717) is 17.9 Å². The molecule has 0 unspecified atom stereocenters. The molecule has 0 N–H and O–H groups in total. The standard InChI is InChI=1S/C22H25Br2NO4/c1-2-3-4-5-9-16(26)29-13-8-6-7-12(10-13)25-21(27)17-14-11-15(18(17)22(25)28)20(24)19(14)23/h6-8,10,14-15,17-20H,2-5,9,11H2,1H3/t14-,15+,17-,18-,19+,20-/m0/s1. The van der Waals surface area contributed by atoms with Crippen LogP contribution in [0.2, 0.25) is 0 Å². The predicted octanol–water partition coefficient (Wildman–Crippen LogP) is 4.84. The highest BCUT2D eigenvalue weighted by molar-refractivity contribution is 9.12. The first kappa shape index (κ1) is 21.0. The Kier molecular flexibility index (Phi) is 6.17. The Labute approximate surface area is 187 Å². The van der Waals surface area contributed by atoms with Crippen molar-refractivity contribution in [1.29, 1.82) is 0 Å². The van der Waals surface area contributed by atoms with Gasteiger partial charge in [0, 0.05) is 22.1 Å². The van der Waals surface area contributed by atoms with Crippen molar-refractivity contribution in [2.45, 2.75) is 55.1 Å². The molecule has 1 heterocycles. The van der Waals surface area contributed by atoms with Crippen LogP contribution in [-0.2, 0) is 14.4 Å². The van der Waals surface area contributed by atoms with Gasteiger partial charge in [-0.2, -0.15) is 0 Å². The number of benzene rings is 1. The van der Waals surface area contributed by atoms with Crippen LogP contribution in [0.25, 0.3) is 0 Å². The van der Waals surface area contributed by atoms with Crippen LogP contribution < -0.4 is 9.64 Å². The molecule has 156 valence electrons. The number of imide groups is 1. The van der Waals surface area contributed by atoms with E-state index in [2.05, 4.69) is 38.8 Å². The highest BCUT2D eigenvalue weighted by Crippen LogP contribution is 2.60. The molecule has 5 nitrogen and oxygen atoms in total. The van der Waals surface area contributed by atoms with Crippen LogP contribution in [0.5, 0.6) is 5.75 Å². The molecule has 0 aromatic heterocycles. The van der Waals surface area contributed by atoms with Gasteiger partial charge in [-0.05, 0) is 36.8 Å². The smallest absolute Gasteiger partial charge is 0.311 e. The quantitative estimate of drug-likeness (QED) is 0.167. The lowest BCUT2D eigenvalue weighted by molar-refractivity contribution is -0.134. The molecule has 1 saturated heterocycles. The highest BCUT2D eigenvalue weighted by Gasteiger charge is 2.66. The topological polar surface area (TPSA) is 63.7 Å². The number of hydrogen-bond donors (Lipinski definition) is 0. The molecule has 0 spiro atoms. The summed E-state index contributed by atoms with van der Waals surface area (Å²) in [5.41, 5.74) is 0.488. The summed E-state index contributed by atoms with van der Waals surface area (Å²) in [6.07, 6.45) is 5.32. The Bertz CT molecular complexity index is 797. The van der Waals surface area contributed by atoms with Crippen LogP contribution in [0.4, 0.5) is 5.69 Å². The minimum atomic E-state index is -0.281. The molecule has 7 heteroatoms. The average molecular weight is 527 g/mol. The van der Waals surface area contributed by atoms with Crippen LogP contribution in [0.3, 0.4) is 0 Å². The maximum Gasteiger partial charge on any atom is 0.311 e. The van der Waals surface area contributed by atoms with Gasteiger partial charge in [0.15, 0.2) is 0 Å². The summed E-state index contributed by atoms with van der Waals surface area (Å²) in [5, 5.41) is 0. The highest BCUT2D eigenvalue weighted by atomic mass is 79.9. The summed E-state index contributed by atoms with van der Waals surface area (Å²) in [6, 6.07) is 6.76. The van der Waals surface area contributed by atoms with Crippen LogP contribution >= 0.6 is 31.9 Å². The second-order valence-electron chi connectivity index (χ2n) is 8.30. The molecule has 6 atom stereocenters. The van der Waals surface area contributed by atoms with Crippen molar-refractivity contribution >= 4 is 55.3 Å². The molecule has 2 aliphatic carbocycles. The minimum Gasteiger partial charge on any atom is -0.426 e. The number of nitrogens with zero attached hydrogens (tertiary/aromatic N) is 1. The first-order valence-corrected chi connectivity index (χ1v) is 12.2. The number of halogens is 2. The van der Waals surface area contributed by atoms with E-state index < -0.39 is 0 Å². The number of anilines is 1. The molecule has 1 aromatic carbocycles. The predicted molar refractivity (Wildman–Crippen MR) is 117 cm³/mol. The second-order valence-corrected chi connectivity index (χ2v) is 10.4. The fourth-order valence-electron chi connectivity index (χ4n) is 5.17. The summed E-state index contributed by atoms with van der Waals surface area (Å²) in [4.78, 5) is 40.1. The van der Waals surface area contributed by atoms with Crippen molar-refractivity contribution in [3.8, 4) is 5.75 Å². The molecule has 3 fully saturated rings. The van der Waals surface area contributed by atoms with Gasteiger partial charge in [0.2, 0.25) is 11.8 Å². The van der Waals surface area contributed by atoms with Gasteiger partial charge in [-0.25, -0.2) is 4.90 Å². The molecule has 1 aromatic rings. The maximum atomic E-state index is 13.1. The molecule has 0 radical (unpaired) electrons. The molecular weight excluding hydrogens is 502 g/mol. The van der Waals surface area contributed by atoms with E-state index in [9.17, 15) is 14.4 Å². The molecular formula is C22H25Br2NO4. The van der Waals surface area contributed by atoms with Crippen LogP contribution in [0, 0.1) is 23.7 Å². The second kappa shape index (κ2) is 8.50. The van der Waals surface area contributed by atoms with Gasteiger partial charge in [0.25, 0.3) is 0 Å². The largest absolute Gasteiger partial charge is 0.426 e. The van der Waals surface area contributed by atoms with Gasteiger partial charge in [-0.15, -0.1) is 0 Å². The summed E-state index contributed by atoms with van der Waals surface area (Å²) < 4.78 is 5.44. The number of rotatable bonds is 7. The van der Waals surface area contributed by atoms with Gasteiger partial charge in [0.05, 0.1) is 17.5 Å². The van der Waals surface area contributed by atoms with Crippen molar-refractivity contribution in [3.63, 3.8) is 0 Å². The summed E-state index contributed by atoms with van der Waals surface area (Å²) in [5.74, 6) is -0.304. The first-order chi connectivity index (χ1) is 13.9. The van der Waals surface area contributed by atoms with Crippen LogP contribution in [0.15, 0.2) is 24.3 Å². The Balaban J connectivity index is 1.47. The van der Waals surface area contributed by atoms with Crippen molar-refractivity contribution in [3.05, 3.63) is 24.3 Å². The third kappa shape index (κ3) is 3.69. The van der Waals surface area contributed by atoms with Gasteiger partial charge < -0.3 is 4.74 Å². The van der Waals surface area contributed by atoms with Crippen LogP contribution in [0.1, 0.15) is 45.4 Å². The van der Waals surface area contributed by atoms with Gasteiger partial charge in [-0.3, -0.25) is 14.4 Å². The third-order valence-electron chi connectivity index (χ3n) is 6.53. The summed E-state index contributed by atoms with van der Waals surface area (Å²) in [6.45, 7) is 2.13. The number of esters is 1. The Morgan fingerprint density at radius 3 is 2.34 bits per heavy atom. The van der Waals surface area contributed by atoms with E-state index >= 15 is 0 Å². The third-order valence-corrected chi connectivity index (χ3v) is 9.74. The fourth-order valence-corrected chi connectivity index (χ4v) is 7.04. The summed E-state index contributed by atoms with van der Waals surface area (Å²) in [7, 11) is 0. The van der Waals surface area contributed by atoms with Crippen molar-refractivity contribution in [2.75, 3.05) is 4.90 Å². The van der Waals surface area contributed by atoms with E-state index in [4.69, 9.17) is 4.74 Å².